The van der Waals surface area contributed by atoms with Crippen LogP contribution in [-0.4, -0.2) is 27.6 Å². The van der Waals surface area contributed by atoms with Crippen LogP contribution in [0.25, 0.3) is 0 Å². The number of amides is 1. The van der Waals surface area contributed by atoms with Crippen LogP contribution in [0.15, 0.2) is 29.5 Å². The molecule has 2 N–H and O–H groups in total. The normalized spacial score (nSPS) is 15.1. The Bertz CT molecular complexity index is 798. The molecule has 0 aromatic carbocycles. The van der Waals surface area contributed by atoms with E-state index in [1.54, 1.807) is 26.1 Å². The second-order valence-electron chi connectivity index (χ2n) is 5.35. The van der Waals surface area contributed by atoms with Gasteiger partial charge in [0.25, 0.3) is 11.5 Å². The van der Waals surface area contributed by atoms with Crippen LogP contribution >= 0.6 is 0 Å². The van der Waals surface area contributed by atoms with Gasteiger partial charge in [0.15, 0.2) is 11.4 Å². The lowest BCUT2D eigenvalue weighted by Gasteiger charge is -2.22. The standard InChI is InChI=1S/C14H15N5O3/c1-14(2)18-12(20)11-9(22-3)6-8(13(21)19(11)14)17-10-4-5-15-7-16-10/h4-7H,1-3H3,(H,18,20)(H,15,16,17). The van der Waals surface area contributed by atoms with Crippen molar-refractivity contribution in [1.82, 2.24) is 19.9 Å². The molecule has 3 heterocycles. The molecule has 3 rings (SSSR count). The lowest BCUT2D eigenvalue weighted by molar-refractivity contribution is 0.0933. The molecule has 0 radical (unpaired) electrons. The van der Waals surface area contributed by atoms with Gasteiger partial charge in [-0.25, -0.2) is 9.97 Å². The Labute approximate surface area is 126 Å². The predicted molar refractivity (Wildman–Crippen MR) is 79.4 cm³/mol. The number of pyridine rings is 1. The molecule has 8 nitrogen and oxygen atoms in total. The molecule has 0 unspecified atom stereocenters. The maximum Gasteiger partial charge on any atom is 0.277 e. The van der Waals surface area contributed by atoms with Crippen LogP contribution in [0.5, 0.6) is 5.75 Å². The van der Waals surface area contributed by atoms with E-state index in [-0.39, 0.29) is 22.8 Å². The highest BCUT2D eigenvalue weighted by Crippen LogP contribution is 2.30. The number of carbonyl (C=O) groups excluding carboxylic acids is 1. The van der Waals surface area contributed by atoms with E-state index in [2.05, 4.69) is 20.6 Å². The van der Waals surface area contributed by atoms with E-state index in [1.165, 1.54) is 24.1 Å². The summed E-state index contributed by atoms with van der Waals surface area (Å²) in [7, 11) is 1.45. The minimum absolute atomic E-state index is 0.214. The molecule has 0 saturated heterocycles. The third-order valence-corrected chi connectivity index (χ3v) is 3.42. The molecule has 22 heavy (non-hydrogen) atoms. The van der Waals surface area contributed by atoms with Gasteiger partial charge in [-0.1, -0.05) is 0 Å². The highest BCUT2D eigenvalue weighted by Gasteiger charge is 2.39. The van der Waals surface area contributed by atoms with Crippen molar-refractivity contribution in [3.8, 4) is 5.75 Å². The maximum atomic E-state index is 12.7. The van der Waals surface area contributed by atoms with Crippen LogP contribution < -0.4 is 20.9 Å². The monoisotopic (exact) mass is 301 g/mol. The lowest BCUT2D eigenvalue weighted by Crippen LogP contribution is -2.42. The smallest absolute Gasteiger partial charge is 0.277 e. The molecule has 0 saturated carbocycles. The van der Waals surface area contributed by atoms with Gasteiger partial charge >= 0.3 is 0 Å². The quantitative estimate of drug-likeness (QED) is 0.871. The number of nitrogens with one attached hydrogen (secondary N) is 2. The first-order valence-corrected chi connectivity index (χ1v) is 6.64. The van der Waals surface area contributed by atoms with Crippen molar-refractivity contribution < 1.29 is 9.53 Å². The Morgan fingerprint density at radius 3 is 2.77 bits per heavy atom. The molecule has 0 aliphatic carbocycles. The maximum absolute atomic E-state index is 12.7. The number of fused-ring (bicyclic) bond motifs is 1. The van der Waals surface area contributed by atoms with Gasteiger partial charge in [-0.3, -0.25) is 14.2 Å². The third kappa shape index (κ3) is 2.09. The topological polar surface area (TPSA) is 98.1 Å². The molecular formula is C14H15N5O3. The van der Waals surface area contributed by atoms with Crippen molar-refractivity contribution in [1.29, 1.82) is 0 Å². The number of hydrogen-bond donors (Lipinski definition) is 2. The predicted octanol–water partition coefficient (Wildman–Crippen LogP) is 0.826. The Balaban J connectivity index is 2.19. The highest BCUT2D eigenvalue weighted by molar-refractivity contribution is 5.98. The lowest BCUT2D eigenvalue weighted by atomic mass is 10.2. The first kappa shape index (κ1) is 14.1. The molecule has 1 aliphatic heterocycles. The van der Waals surface area contributed by atoms with E-state index in [0.29, 0.717) is 11.6 Å². The number of anilines is 2. The fourth-order valence-corrected chi connectivity index (χ4v) is 2.48. The van der Waals surface area contributed by atoms with Gasteiger partial charge in [0.1, 0.15) is 23.5 Å². The number of rotatable bonds is 3. The molecule has 8 heteroatoms. The van der Waals surface area contributed by atoms with Gasteiger partial charge in [0.05, 0.1) is 7.11 Å². The van der Waals surface area contributed by atoms with Crippen molar-refractivity contribution in [2.24, 2.45) is 0 Å². The van der Waals surface area contributed by atoms with E-state index in [9.17, 15) is 9.59 Å². The Hall–Kier alpha value is -2.90. The number of hydrogen-bond acceptors (Lipinski definition) is 6. The molecular weight excluding hydrogens is 286 g/mol. The second-order valence-corrected chi connectivity index (χ2v) is 5.35. The first-order valence-electron chi connectivity index (χ1n) is 6.64. The molecule has 0 spiro atoms. The zero-order valence-electron chi connectivity index (χ0n) is 12.4. The summed E-state index contributed by atoms with van der Waals surface area (Å²) in [4.78, 5) is 32.6. The van der Waals surface area contributed by atoms with Gasteiger partial charge in [-0.05, 0) is 19.9 Å². The molecule has 0 fully saturated rings. The van der Waals surface area contributed by atoms with E-state index in [0.717, 1.165) is 0 Å². The van der Waals surface area contributed by atoms with Crippen LogP contribution in [0, 0.1) is 0 Å². The second kappa shape index (κ2) is 4.83. The average molecular weight is 301 g/mol. The van der Waals surface area contributed by atoms with Gasteiger partial charge < -0.3 is 15.4 Å². The van der Waals surface area contributed by atoms with Crippen LogP contribution in [0.1, 0.15) is 24.3 Å². The highest BCUT2D eigenvalue weighted by atomic mass is 16.5. The average Bonchev–Trinajstić information content (AvgIpc) is 2.73. The van der Waals surface area contributed by atoms with E-state index in [1.807, 2.05) is 0 Å². The molecule has 114 valence electrons. The summed E-state index contributed by atoms with van der Waals surface area (Å²) >= 11 is 0. The van der Waals surface area contributed by atoms with Gasteiger partial charge in [0.2, 0.25) is 0 Å². The fourth-order valence-electron chi connectivity index (χ4n) is 2.48. The molecule has 0 bridgehead atoms. The van der Waals surface area contributed by atoms with Gasteiger partial charge in [0, 0.05) is 12.3 Å². The van der Waals surface area contributed by atoms with E-state index in [4.69, 9.17) is 4.74 Å². The molecule has 1 aliphatic rings. The van der Waals surface area contributed by atoms with Crippen LogP contribution in [0.3, 0.4) is 0 Å². The van der Waals surface area contributed by atoms with Gasteiger partial charge in [-0.15, -0.1) is 0 Å². The number of aromatic nitrogens is 3. The fraction of sp³-hybridized carbons (Fsp3) is 0.286. The SMILES string of the molecule is COc1cc(Nc2ccncn2)c(=O)n2c1C(=O)NC2(C)C. The number of carbonyl (C=O) groups is 1. The zero-order chi connectivity index (χ0) is 15.9. The molecule has 2 aromatic rings. The van der Waals surface area contributed by atoms with Crippen molar-refractivity contribution >= 4 is 17.4 Å². The summed E-state index contributed by atoms with van der Waals surface area (Å²) in [6, 6.07) is 3.13. The van der Waals surface area contributed by atoms with Crippen LogP contribution in [-0.2, 0) is 5.66 Å². The summed E-state index contributed by atoms with van der Waals surface area (Å²) < 4.78 is 6.65. The largest absolute Gasteiger partial charge is 0.494 e. The summed E-state index contributed by atoms with van der Waals surface area (Å²) in [6.45, 7) is 3.49. The summed E-state index contributed by atoms with van der Waals surface area (Å²) in [5.74, 6) is 0.455. The summed E-state index contributed by atoms with van der Waals surface area (Å²) in [5, 5.41) is 5.68. The summed E-state index contributed by atoms with van der Waals surface area (Å²) in [5.41, 5.74) is -0.687. The van der Waals surface area contributed by atoms with Crippen molar-refractivity contribution in [3.05, 3.63) is 40.7 Å². The minimum atomic E-state index is -0.833. The zero-order valence-corrected chi connectivity index (χ0v) is 12.4. The molecule has 2 aromatic heterocycles. The van der Waals surface area contributed by atoms with E-state index >= 15 is 0 Å². The molecule has 1 amide bonds. The number of nitrogens with zero attached hydrogens (tertiary/aromatic N) is 3. The Morgan fingerprint density at radius 2 is 2.14 bits per heavy atom. The molecule has 0 atom stereocenters. The number of ether oxygens (including phenoxy) is 1. The van der Waals surface area contributed by atoms with Crippen molar-refractivity contribution in [2.75, 3.05) is 12.4 Å². The van der Waals surface area contributed by atoms with Crippen LogP contribution in [0.4, 0.5) is 11.5 Å². The van der Waals surface area contributed by atoms with Crippen molar-refractivity contribution in [3.63, 3.8) is 0 Å². The Morgan fingerprint density at radius 1 is 1.36 bits per heavy atom. The minimum Gasteiger partial charge on any atom is -0.494 e. The Kier molecular flexibility index (Phi) is 3.09. The van der Waals surface area contributed by atoms with Crippen molar-refractivity contribution in [2.45, 2.75) is 19.5 Å². The third-order valence-electron chi connectivity index (χ3n) is 3.42. The van der Waals surface area contributed by atoms with Crippen LogP contribution in [0.2, 0.25) is 0 Å². The first-order chi connectivity index (χ1) is 10.4. The van der Waals surface area contributed by atoms with Gasteiger partial charge in [-0.2, -0.15) is 0 Å². The van der Waals surface area contributed by atoms with E-state index < -0.39 is 5.66 Å². The summed E-state index contributed by atoms with van der Waals surface area (Å²) in [6.07, 6.45) is 2.94. The number of methoxy groups -OCH3 is 1.